The van der Waals surface area contributed by atoms with E-state index < -0.39 is 0 Å². The van der Waals surface area contributed by atoms with E-state index in [2.05, 4.69) is 27.0 Å². The number of ether oxygens (including phenoxy) is 2. The zero-order valence-corrected chi connectivity index (χ0v) is 17.6. The maximum Gasteiger partial charge on any atom is 0.225 e. The SMILES string of the molecule is CN=C(NCCc1cc(Cl)c2c(c1)OCCO2)NCC1CC(=O)Nc2ccccc21. The second-order valence-corrected chi connectivity index (χ2v) is 7.68. The Kier molecular flexibility index (Phi) is 6.28. The molecule has 0 saturated heterocycles. The summed E-state index contributed by atoms with van der Waals surface area (Å²) in [5, 5.41) is 10.1. The van der Waals surface area contributed by atoms with Crippen molar-refractivity contribution in [2.75, 3.05) is 38.7 Å². The third-order valence-corrected chi connectivity index (χ3v) is 5.49. The lowest BCUT2D eigenvalue weighted by Crippen LogP contribution is -2.41. The van der Waals surface area contributed by atoms with Crippen LogP contribution in [-0.4, -0.2) is 45.2 Å². The highest BCUT2D eigenvalue weighted by Gasteiger charge is 2.24. The van der Waals surface area contributed by atoms with Gasteiger partial charge in [0.2, 0.25) is 5.91 Å². The first-order valence-corrected chi connectivity index (χ1v) is 10.4. The standard InChI is InChI=1S/C22H25ClN4O3/c1-24-22(26-13-15-12-20(28)27-18-5-3-2-4-16(15)18)25-7-6-14-10-17(23)21-19(11-14)29-8-9-30-21/h2-5,10-11,15H,6-9,12-13H2,1H3,(H,27,28)(H2,24,25,26). The number of nitrogens with zero attached hydrogens (tertiary/aromatic N) is 1. The molecule has 0 radical (unpaired) electrons. The maximum atomic E-state index is 12.0. The summed E-state index contributed by atoms with van der Waals surface area (Å²) >= 11 is 6.31. The average Bonchev–Trinajstić information content (AvgIpc) is 2.76. The number of guanidine groups is 1. The molecule has 4 rings (SSSR count). The third kappa shape index (κ3) is 4.62. The molecule has 158 valence electrons. The van der Waals surface area contributed by atoms with Gasteiger partial charge in [-0.25, -0.2) is 0 Å². The van der Waals surface area contributed by atoms with Crippen LogP contribution in [0.4, 0.5) is 5.69 Å². The van der Waals surface area contributed by atoms with Crippen LogP contribution in [-0.2, 0) is 11.2 Å². The number of carbonyl (C=O) groups excluding carboxylic acids is 1. The van der Waals surface area contributed by atoms with E-state index in [1.165, 1.54) is 0 Å². The number of halogens is 1. The Balaban J connectivity index is 1.31. The molecule has 1 atom stereocenters. The Morgan fingerprint density at radius 2 is 2.07 bits per heavy atom. The Hall–Kier alpha value is -2.93. The molecule has 1 unspecified atom stereocenters. The van der Waals surface area contributed by atoms with Crippen molar-refractivity contribution >= 4 is 29.2 Å². The zero-order chi connectivity index (χ0) is 20.9. The van der Waals surface area contributed by atoms with Gasteiger partial charge in [0.25, 0.3) is 0 Å². The number of para-hydroxylation sites is 1. The molecule has 3 N–H and O–H groups in total. The summed E-state index contributed by atoms with van der Waals surface area (Å²) in [6, 6.07) is 11.8. The van der Waals surface area contributed by atoms with E-state index >= 15 is 0 Å². The summed E-state index contributed by atoms with van der Waals surface area (Å²) in [5.41, 5.74) is 3.09. The first kappa shape index (κ1) is 20.3. The molecule has 2 aliphatic heterocycles. The highest BCUT2D eigenvalue weighted by Crippen LogP contribution is 2.38. The summed E-state index contributed by atoms with van der Waals surface area (Å²) < 4.78 is 11.2. The molecular formula is C22H25ClN4O3. The molecule has 0 aromatic heterocycles. The fraction of sp³-hybridized carbons (Fsp3) is 0.364. The molecule has 0 spiro atoms. The lowest BCUT2D eigenvalue weighted by Gasteiger charge is -2.26. The van der Waals surface area contributed by atoms with Crippen LogP contribution in [0.3, 0.4) is 0 Å². The van der Waals surface area contributed by atoms with Crippen molar-refractivity contribution < 1.29 is 14.3 Å². The molecule has 0 saturated carbocycles. The van der Waals surface area contributed by atoms with Crippen LogP contribution in [0.5, 0.6) is 11.5 Å². The molecular weight excluding hydrogens is 404 g/mol. The molecule has 2 aromatic rings. The summed E-state index contributed by atoms with van der Waals surface area (Å²) in [6.07, 6.45) is 1.21. The summed E-state index contributed by atoms with van der Waals surface area (Å²) in [5.74, 6) is 2.15. The van der Waals surface area contributed by atoms with Gasteiger partial charge in [-0.2, -0.15) is 0 Å². The van der Waals surface area contributed by atoms with E-state index in [-0.39, 0.29) is 11.8 Å². The third-order valence-electron chi connectivity index (χ3n) is 5.21. The molecule has 2 heterocycles. The lowest BCUT2D eigenvalue weighted by atomic mass is 9.90. The van der Waals surface area contributed by atoms with Crippen LogP contribution in [0.1, 0.15) is 23.5 Å². The lowest BCUT2D eigenvalue weighted by molar-refractivity contribution is -0.116. The van der Waals surface area contributed by atoms with E-state index in [0.717, 1.165) is 23.2 Å². The van der Waals surface area contributed by atoms with Gasteiger partial charge in [-0.1, -0.05) is 29.8 Å². The molecule has 0 bridgehead atoms. The van der Waals surface area contributed by atoms with Gasteiger partial charge < -0.3 is 25.4 Å². The summed E-state index contributed by atoms with van der Waals surface area (Å²) in [6.45, 7) is 2.35. The van der Waals surface area contributed by atoms with Gasteiger partial charge >= 0.3 is 0 Å². The monoisotopic (exact) mass is 428 g/mol. The predicted octanol–water partition coefficient (Wildman–Crippen LogP) is 2.94. The molecule has 0 fully saturated rings. The van der Waals surface area contributed by atoms with Gasteiger partial charge in [0, 0.05) is 38.2 Å². The minimum atomic E-state index is 0.0407. The molecule has 2 aromatic carbocycles. The number of hydrogen-bond donors (Lipinski definition) is 3. The highest BCUT2D eigenvalue weighted by atomic mass is 35.5. The van der Waals surface area contributed by atoms with E-state index in [9.17, 15) is 4.79 Å². The van der Waals surface area contributed by atoms with Crippen LogP contribution in [0.25, 0.3) is 0 Å². The fourth-order valence-corrected chi connectivity index (χ4v) is 4.05. The molecule has 7 nitrogen and oxygen atoms in total. The second-order valence-electron chi connectivity index (χ2n) is 7.27. The van der Waals surface area contributed by atoms with Crippen molar-refractivity contribution in [1.29, 1.82) is 0 Å². The Bertz CT molecular complexity index is 963. The van der Waals surface area contributed by atoms with Crippen LogP contribution < -0.4 is 25.4 Å². The minimum Gasteiger partial charge on any atom is -0.486 e. The summed E-state index contributed by atoms with van der Waals surface area (Å²) in [7, 11) is 1.73. The van der Waals surface area contributed by atoms with Gasteiger partial charge in [0.1, 0.15) is 13.2 Å². The van der Waals surface area contributed by atoms with Crippen molar-refractivity contribution in [3.63, 3.8) is 0 Å². The van der Waals surface area contributed by atoms with Crippen molar-refractivity contribution in [1.82, 2.24) is 10.6 Å². The summed E-state index contributed by atoms with van der Waals surface area (Å²) in [4.78, 5) is 16.3. The number of hydrogen-bond acceptors (Lipinski definition) is 4. The zero-order valence-electron chi connectivity index (χ0n) is 16.8. The van der Waals surface area contributed by atoms with E-state index in [4.69, 9.17) is 21.1 Å². The highest BCUT2D eigenvalue weighted by molar-refractivity contribution is 6.32. The number of benzene rings is 2. The molecule has 30 heavy (non-hydrogen) atoms. The Labute approximate surface area is 180 Å². The van der Waals surface area contributed by atoms with E-state index in [1.54, 1.807) is 7.05 Å². The number of amides is 1. The number of nitrogens with one attached hydrogen (secondary N) is 3. The number of rotatable bonds is 5. The number of anilines is 1. The fourth-order valence-electron chi connectivity index (χ4n) is 3.76. The smallest absolute Gasteiger partial charge is 0.225 e. The largest absolute Gasteiger partial charge is 0.486 e. The van der Waals surface area contributed by atoms with Gasteiger partial charge in [-0.05, 0) is 35.7 Å². The molecule has 0 aliphatic carbocycles. The second kappa shape index (κ2) is 9.26. The van der Waals surface area contributed by atoms with Crippen LogP contribution >= 0.6 is 11.6 Å². The van der Waals surface area contributed by atoms with Crippen molar-refractivity contribution in [2.24, 2.45) is 4.99 Å². The van der Waals surface area contributed by atoms with Crippen molar-refractivity contribution in [3.05, 3.63) is 52.5 Å². The van der Waals surface area contributed by atoms with Gasteiger partial charge in [0.15, 0.2) is 17.5 Å². The predicted molar refractivity (Wildman–Crippen MR) is 118 cm³/mol. The molecule has 2 aliphatic rings. The van der Waals surface area contributed by atoms with Gasteiger partial charge in [-0.15, -0.1) is 0 Å². The Morgan fingerprint density at radius 1 is 1.23 bits per heavy atom. The molecule has 1 amide bonds. The first-order chi connectivity index (χ1) is 14.6. The average molecular weight is 429 g/mol. The number of carbonyl (C=O) groups is 1. The quantitative estimate of drug-likeness (QED) is 0.503. The van der Waals surface area contributed by atoms with Gasteiger partial charge in [0.05, 0.1) is 5.02 Å². The normalized spacial score (nSPS) is 17.7. The van der Waals surface area contributed by atoms with Crippen LogP contribution in [0.15, 0.2) is 41.4 Å². The van der Waals surface area contributed by atoms with E-state index in [0.29, 0.717) is 55.2 Å². The van der Waals surface area contributed by atoms with E-state index in [1.807, 2.05) is 30.3 Å². The molecule has 8 heteroatoms. The maximum absolute atomic E-state index is 12.0. The number of aliphatic imine (C=N–C) groups is 1. The van der Waals surface area contributed by atoms with Crippen LogP contribution in [0, 0.1) is 0 Å². The van der Waals surface area contributed by atoms with Crippen molar-refractivity contribution in [3.8, 4) is 11.5 Å². The van der Waals surface area contributed by atoms with Crippen LogP contribution in [0.2, 0.25) is 5.02 Å². The van der Waals surface area contributed by atoms with Crippen molar-refractivity contribution in [2.45, 2.75) is 18.8 Å². The van der Waals surface area contributed by atoms with Gasteiger partial charge in [-0.3, -0.25) is 9.79 Å². The Morgan fingerprint density at radius 3 is 2.93 bits per heavy atom. The topological polar surface area (TPSA) is 84.0 Å². The first-order valence-electron chi connectivity index (χ1n) is 10.1. The number of fused-ring (bicyclic) bond motifs is 2. The minimum absolute atomic E-state index is 0.0407.